The van der Waals surface area contributed by atoms with Crippen molar-refractivity contribution < 1.29 is 26.3 Å². The van der Waals surface area contributed by atoms with Crippen LogP contribution in [0, 0.1) is 0 Å². The Morgan fingerprint density at radius 3 is 1.22 bits per heavy atom. The standard InChI is InChI=1S/C53H31F6N5/c54-52(55,56)35-27-34(28-36(29-35)53(57,58)59)44-30-37(24-26-43(44)51-61-49(32-13-3-1-4-14-32)60-50(62-51)33-15-5-2-6-16-33)64-47-22-12-9-19-41(47)42-25-23-38(31-48(42)64)63-45-20-10-7-17-39(45)40-18-8-11-21-46(40)63/h1-31H. The molecule has 0 saturated carbocycles. The van der Waals surface area contributed by atoms with Gasteiger partial charge in [-0.05, 0) is 77.9 Å². The van der Waals surface area contributed by atoms with Gasteiger partial charge in [0.2, 0.25) is 0 Å². The first-order valence-corrected chi connectivity index (χ1v) is 20.3. The molecule has 0 amide bonds. The van der Waals surface area contributed by atoms with Gasteiger partial charge >= 0.3 is 12.4 Å². The van der Waals surface area contributed by atoms with Gasteiger partial charge in [0.15, 0.2) is 17.5 Å². The van der Waals surface area contributed by atoms with Crippen LogP contribution in [0.1, 0.15) is 11.1 Å². The van der Waals surface area contributed by atoms with Gasteiger partial charge in [-0.1, -0.05) is 121 Å². The number of nitrogens with zero attached hydrogens (tertiary/aromatic N) is 5. The second kappa shape index (κ2) is 14.8. The molecule has 310 valence electrons. The van der Waals surface area contributed by atoms with Crippen molar-refractivity contribution >= 4 is 43.6 Å². The number of fused-ring (bicyclic) bond motifs is 6. The molecule has 0 radical (unpaired) electrons. The zero-order valence-electron chi connectivity index (χ0n) is 33.4. The highest BCUT2D eigenvalue weighted by Gasteiger charge is 2.37. The van der Waals surface area contributed by atoms with Gasteiger partial charge in [-0.3, -0.25) is 0 Å². The average molecular weight is 852 g/mol. The summed E-state index contributed by atoms with van der Waals surface area (Å²) in [5.41, 5.74) is 3.30. The van der Waals surface area contributed by atoms with E-state index in [9.17, 15) is 26.3 Å². The molecule has 0 fully saturated rings. The van der Waals surface area contributed by atoms with Gasteiger partial charge in [0, 0.05) is 49.6 Å². The maximum Gasteiger partial charge on any atom is 0.416 e. The molecule has 0 aliphatic heterocycles. The van der Waals surface area contributed by atoms with Gasteiger partial charge in [0.25, 0.3) is 0 Å². The van der Waals surface area contributed by atoms with E-state index in [-0.39, 0.29) is 40.2 Å². The van der Waals surface area contributed by atoms with E-state index in [1.807, 2.05) is 120 Å². The van der Waals surface area contributed by atoms with Crippen LogP contribution in [0.25, 0.3) is 100 Å². The number of alkyl halides is 6. The molecule has 11 rings (SSSR count). The topological polar surface area (TPSA) is 48.5 Å². The van der Waals surface area contributed by atoms with E-state index in [2.05, 4.69) is 41.0 Å². The predicted molar refractivity (Wildman–Crippen MR) is 240 cm³/mol. The Morgan fingerprint density at radius 1 is 0.312 bits per heavy atom. The van der Waals surface area contributed by atoms with Crippen LogP contribution < -0.4 is 0 Å². The second-order valence-electron chi connectivity index (χ2n) is 15.5. The summed E-state index contributed by atoms with van der Waals surface area (Å²) in [5.74, 6) is 0.620. The van der Waals surface area contributed by atoms with Crippen molar-refractivity contribution in [3.63, 3.8) is 0 Å². The van der Waals surface area contributed by atoms with Crippen LogP contribution in [-0.4, -0.2) is 24.1 Å². The lowest BCUT2D eigenvalue weighted by Crippen LogP contribution is -2.11. The molecule has 0 spiro atoms. The molecule has 11 heteroatoms. The lowest BCUT2D eigenvalue weighted by Gasteiger charge is -2.18. The molecule has 3 heterocycles. The van der Waals surface area contributed by atoms with Gasteiger partial charge in [-0.2, -0.15) is 26.3 Å². The van der Waals surface area contributed by atoms with Crippen molar-refractivity contribution in [2.45, 2.75) is 12.4 Å². The summed E-state index contributed by atoms with van der Waals surface area (Å²) in [4.78, 5) is 14.4. The molecule has 0 N–H and O–H groups in total. The van der Waals surface area contributed by atoms with Crippen molar-refractivity contribution in [1.29, 1.82) is 0 Å². The van der Waals surface area contributed by atoms with Gasteiger partial charge in [0.05, 0.1) is 33.2 Å². The highest BCUT2D eigenvalue weighted by atomic mass is 19.4. The number of hydrogen-bond acceptors (Lipinski definition) is 3. The average Bonchev–Trinajstić information content (AvgIpc) is 3.83. The van der Waals surface area contributed by atoms with Crippen molar-refractivity contribution in [1.82, 2.24) is 24.1 Å². The minimum Gasteiger partial charge on any atom is -0.309 e. The molecular formula is C53H31F6N5. The summed E-state index contributed by atoms with van der Waals surface area (Å²) in [6, 6.07) is 55.2. The van der Waals surface area contributed by atoms with Crippen LogP contribution in [0.4, 0.5) is 26.3 Å². The maximum absolute atomic E-state index is 14.6. The fourth-order valence-corrected chi connectivity index (χ4v) is 8.72. The molecule has 0 atom stereocenters. The van der Waals surface area contributed by atoms with Crippen molar-refractivity contribution in [2.24, 2.45) is 0 Å². The fraction of sp³-hybridized carbons (Fsp3) is 0.0377. The van der Waals surface area contributed by atoms with E-state index in [0.29, 0.717) is 16.8 Å². The largest absolute Gasteiger partial charge is 0.416 e. The molecule has 0 bridgehead atoms. The smallest absolute Gasteiger partial charge is 0.309 e. The Kier molecular flexibility index (Phi) is 8.98. The summed E-state index contributed by atoms with van der Waals surface area (Å²) < 4.78 is 91.5. The molecule has 11 aromatic rings. The van der Waals surface area contributed by atoms with Gasteiger partial charge < -0.3 is 9.13 Å². The second-order valence-corrected chi connectivity index (χ2v) is 15.5. The van der Waals surface area contributed by atoms with Crippen LogP contribution in [0.2, 0.25) is 0 Å². The highest BCUT2D eigenvalue weighted by Crippen LogP contribution is 2.43. The summed E-state index contributed by atoms with van der Waals surface area (Å²) in [6.45, 7) is 0. The van der Waals surface area contributed by atoms with E-state index < -0.39 is 23.5 Å². The van der Waals surface area contributed by atoms with Gasteiger partial charge in [-0.25, -0.2) is 15.0 Å². The first kappa shape index (κ1) is 38.8. The lowest BCUT2D eigenvalue weighted by atomic mass is 9.94. The maximum atomic E-state index is 14.6. The van der Waals surface area contributed by atoms with E-state index in [0.717, 1.165) is 61.4 Å². The summed E-state index contributed by atoms with van der Waals surface area (Å²) in [5, 5.41) is 3.99. The lowest BCUT2D eigenvalue weighted by molar-refractivity contribution is -0.143. The number of aromatic nitrogens is 5. The number of benzene rings is 8. The van der Waals surface area contributed by atoms with E-state index in [4.69, 9.17) is 15.0 Å². The molecular weight excluding hydrogens is 821 g/mol. The van der Waals surface area contributed by atoms with Crippen LogP contribution in [0.5, 0.6) is 0 Å². The zero-order chi connectivity index (χ0) is 43.7. The molecule has 64 heavy (non-hydrogen) atoms. The van der Waals surface area contributed by atoms with Crippen LogP contribution >= 0.6 is 0 Å². The minimum absolute atomic E-state index is 0.0582. The van der Waals surface area contributed by atoms with Crippen molar-refractivity contribution in [3.8, 4) is 56.7 Å². The van der Waals surface area contributed by atoms with E-state index >= 15 is 0 Å². The zero-order valence-corrected chi connectivity index (χ0v) is 33.4. The summed E-state index contributed by atoms with van der Waals surface area (Å²) in [7, 11) is 0. The molecule has 0 aliphatic carbocycles. The molecule has 0 aliphatic rings. The SMILES string of the molecule is FC(F)(F)c1cc(-c2cc(-n3c4ccccc4c4ccc(-n5c6ccccc6c6ccccc65)cc43)ccc2-c2nc(-c3ccccc3)nc(-c3ccccc3)n2)cc(C(F)(F)F)c1. The summed E-state index contributed by atoms with van der Waals surface area (Å²) >= 11 is 0. The van der Waals surface area contributed by atoms with Gasteiger partial charge in [0.1, 0.15) is 0 Å². The van der Waals surface area contributed by atoms with Gasteiger partial charge in [-0.15, -0.1) is 0 Å². The Labute approximate surface area is 361 Å². The Hall–Kier alpha value is -8.05. The Balaban J connectivity index is 1.20. The third kappa shape index (κ3) is 6.64. The Morgan fingerprint density at radius 2 is 0.719 bits per heavy atom. The third-order valence-corrected chi connectivity index (χ3v) is 11.6. The van der Waals surface area contributed by atoms with Crippen LogP contribution in [-0.2, 0) is 12.4 Å². The number of rotatable bonds is 6. The highest BCUT2D eigenvalue weighted by molar-refractivity contribution is 6.12. The summed E-state index contributed by atoms with van der Waals surface area (Å²) in [6.07, 6.45) is -10.2. The monoisotopic (exact) mass is 851 g/mol. The molecule has 0 saturated heterocycles. The molecule has 5 nitrogen and oxygen atoms in total. The fourth-order valence-electron chi connectivity index (χ4n) is 8.72. The van der Waals surface area contributed by atoms with Crippen molar-refractivity contribution in [3.05, 3.63) is 199 Å². The first-order chi connectivity index (χ1) is 31.0. The van der Waals surface area contributed by atoms with E-state index in [1.54, 1.807) is 18.2 Å². The molecule has 8 aromatic carbocycles. The molecule has 3 aromatic heterocycles. The van der Waals surface area contributed by atoms with Crippen LogP contribution in [0.15, 0.2) is 188 Å². The normalized spacial score (nSPS) is 12.2. The number of hydrogen-bond donors (Lipinski definition) is 0. The minimum atomic E-state index is -5.09. The van der Waals surface area contributed by atoms with Crippen molar-refractivity contribution in [2.75, 3.05) is 0 Å². The predicted octanol–water partition coefficient (Wildman–Crippen LogP) is 14.8. The first-order valence-electron chi connectivity index (χ1n) is 20.3. The third-order valence-electron chi connectivity index (χ3n) is 11.6. The quantitative estimate of drug-likeness (QED) is 0.157. The number of halogens is 6. The van der Waals surface area contributed by atoms with E-state index in [1.165, 1.54) is 0 Å². The Bertz CT molecular complexity index is 3450. The number of para-hydroxylation sites is 3. The van der Waals surface area contributed by atoms with Crippen LogP contribution in [0.3, 0.4) is 0 Å². The molecule has 0 unspecified atom stereocenters.